The highest BCUT2D eigenvalue weighted by molar-refractivity contribution is 5.68. The summed E-state index contributed by atoms with van der Waals surface area (Å²) in [5, 5.41) is 13.3. The fourth-order valence-corrected chi connectivity index (χ4v) is 3.00. The number of aromatic nitrogens is 1. The van der Waals surface area contributed by atoms with Gasteiger partial charge in [-0.25, -0.2) is 4.79 Å². The van der Waals surface area contributed by atoms with Crippen molar-refractivity contribution in [3.63, 3.8) is 0 Å². The van der Waals surface area contributed by atoms with Gasteiger partial charge in [0.1, 0.15) is 5.56 Å². The fourth-order valence-electron chi connectivity index (χ4n) is 3.00. The van der Waals surface area contributed by atoms with Crippen LogP contribution in [0.25, 0.3) is 29.0 Å². The summed E-state index contributed by atoms with van der Waals surface area (Å²) in [6.07, 6.45) is 3.44. The number of hydrogen-bond acceptors (Lipinski definition) is 3. The molecule has 0 saturated heterocycles. The molecule has 0 bridgehead atoms. The molecule has 3 aromatic carbocycles. The maximum Gasteiger partial charge on any atom is 0.381 e. The van der Waals surface area contributed by atoms with E-state index in [9.17, 15) is 9.90 Å². The third-order valence-corrected chi connectivity index (χ3v) is 4.33. The van der Waals surface area contributed by atoms with Crippen molar-refractivity contribution < 1.29 is 14.1 Å². The zero-order chi connectivity index (χ0) is 19.3. The predicted molar refractivity (Wildman–Crippen MR) is 107 cm³/mol. The molecule has 4 nitrogen and oxygen atoms in total. The second-order valence-electron chi connectivity index (χ2n) is 6.19. The third-order valence-electron chi connectivity index (χ3n) is 4.33. The SMILES string of the molecule is O=c1oc(/C=C/c2ccccc2)[n+](-c2ccccc2)c([O-])c1-c1ccccc1. The van der Waals surface area contributed by atoms with E-state index < -0.39 is 11.5 Å². The molecule has 0 aliphatic carbocycles. The van der Waals surface area contributed by atoms with E-state index in [-0.39, 0.29) is 11.5 Å². The van der Waals surface area contributed by atoms with Crippen LogP contribution < -0.4 is 15.3 Å². The van der Waals surface area contributed by atoms with Crippen molar-refractivity contribution in [3.05, 3.63) is 113 Å². The van der Waals surface area contributed by atoms with Crippen molar-refractivity contribution in [3.8, 4) is 22.7 Å². The van der Waals surface area contributed by atoms with Gasteiger partial charge in [0, 0.05) is 12.1 Å². The van der Waals surface area contributed by atoms with Crippen LogP contribution in [-0.2, 0) is 0 Å². The molecule has 0 radical (unpaired) electrons. The Kier molecular flexibility index (Phi) is 4.85. The largest absolute Gasteiger partial charge is 0.822 e. The standard InChI is InChI=1S/C24H17NO3/c26-23-22(19-12-6-2-7-13-19)24(27)28-21(17-16-18-10-4-1-5-11-18)25(23)20-14-8-3-9-15-20/h1-17H/b17-16+. The van der Waals surface area contributed by atoms with Gasteiger partial charge in [0.15, 0.2) is 5.88 Å². The molecule has 1 heterocycles. The van der Waals surface area contributed by atoms with Crippen LogP contribution in [-0.4, -0.2) is 0 Å². The molecular formula is C24H17NO3. The number of nitrogens with zero attached hydrogens (tertiary/aromatic N) is 1. The Bertz CT molecular complexity index is 1170. The molecule has 0 aliphatic heterocycles. The van der Waals surface area contributed by atoms with Crippen LogP contribution in [0.3, 0.4) is 0 Å². The van der Waals surface area contributed by atoms with Crippen molar-refractivity contribution in [2.45, 2.75) is 0 Å². The zero-order valence-electron chi connectivity index (χ0n) is 15.0. The molecule has 4 heteroatoms. The van der Waals surface area contributed by atoms with Gasteiger partial charge < -0.3 is 9.52 Å². The van der Waals surface area contributed by atoms with E-state index in [1.165, 1.54) is 4.57 Å². The van der Waals surface area contributed by atoms with Gasteiger partial charge in [0.2, 0.25) is 5.69 Å². The minimum atomic E-state index is -0.656. The van der Waals surface area contributed by atoms with Gasteiger partial charge in [-0.05, 0) is 17.2 Å². The Labute approximate surface area is 162 Å². The second-order valence-corrected chi connectivity index (χ2v) is 6.19. The first-order valence-corrected chi connectivity index (χ1v) is 8.88. The van der Waals surface area contributed by atoms with E-state index in [0.717, 1.165) is 5.56 Å². The minimum absolute atomic E-state index is 0.0151. The number of hydrogen-bond donors (Lipinski definition) is 0. The maximum absolute atomic E-state index is 13.3. The lowest BCUT2D eigenvalue weighted by Gasteiger charge is -2.12. The van der Waals surface area contributed by atoms with E-state index in [1.807, 2.05) is 54.6 Å². The zero-order valence-corrected chi connectivity index (χ0v) is 15.0. The van der Waals surface area contributed by atoms with Gasteiger partial charge in [-0.15, -0.1) is 4.57 Å². The fraction of sp³-hybridized carbons (Fsp3) is 0. The summed E-state index contributed by atoms with van der Waals surface area (Å²) in [7, 11) is 0. The number of para-hydroxylation sites is 1. The Hall–Kier alpha value is -3.92. The lowest BCUT2D eigenvalue weighted by atomic mass is 10.1. The molecule has 136 valence electrons. The number of rotatable bonds is 4. The minimum Gasteiger partial charge on any atom is -0.822 e. The van der Waals surface area contributed by atoms with Crippen LogP contribution in [0.1, 0.15) is 11.5 Å². The molecule has 4 rings (SSSR count). The summed E-state index contributed by atoms with van der Waals surface area (Å²) in [5.41, 5.74) is 1.45. The van der Waals surface area contributed by atoms with Crippen LogP contribution in [0.15, 0.2) is 100 Å². The summed E-state index contributed by atoms with van der Waals surface area (Å²) in [4.78, 5) is 12.6. The maximum atomic E-state index is 13.3. The molecule has 1 aromatic heterocycles. The topological polar surface area (TPSA) is 57.2 Å². The van der Waals surface area contributed by atoms with Gasteiger partial charge in [0.25, 0.3) is 0 Å². The van der Waals surface area contributed by atoms with E-state index in [2.05, 4.69) is 0 Å². The molecule has 0 unspecified atom stereocenters. The van der Waals surface area contributed by atoms with Crippen LogP contribution >= 0.6 is 0 Å². The Morgan fingerprint density at radius 3 is 1.96 bits per heavy atom. The summed E-state index contributed by atoms with van der Waals surface area (Å²) in [6.45, 7) is 0. The smallest absolute Gasteiger partial charge is 0.381 e. The van der Waals surface area contributed by atoms with E-state index in [1.54, 1.807) is 48.6 Å². The van der Waals surface area contributed by atoms with E-state index >= 15 is 0 Å². The average molecular weight is 367 g/mol. The van der Waals surface area contributed by atoms with Gasteiger partial charge >= 0.3 is 11.5 Å². The molecule has 0 N–H and O–H groups in total. The average Bonchev–Trinajstić information content (AvgIpc) is 2.74. The Balaban J connectivity index is 1.94. The molecule has 4 aromatic rings. The van der Waals surface area contributed by atoms with Gasteiger partial charge in [-0.2, -0.15) is 0 Å². The summed E-state index contributed by atoms with van der Waals surface area (Å²) in [5.74, 6) is -0.244. The number of benzene rings is 3. The van der Waals surface area contributed by atoms with Crippen LogP contribution in [0.5, 0.6) is 5.88 Å². The van der Waals surface area contributed by atoms with Crippen molar-refractivity contribution in [2.24, 2.45) is 0 Å². The third kappa shape index (κ3) is 3.48. The van der Waals surface area contributed by atoms with Crippen molar-refractivity contribution in [1.82, 2.24) is 0 Å². The summed E-state index contributed by atoms with van der Waals surface area (Å²) < 4.78 is 6.99. The summed E-state index contributed by atoms with van der Waals surface area (Å²) >= 11 is 0. The highest BCUT2D eigenvalue weighted by atomic mass is 16.4. The van der Waals surface area contributed by atoms with Crippen molar-refractivity contribution >= 4 is 12.2 Å². The lowest BCUT2D eigenvalue weighted by molar-refractivity contribution is -0.661. The highest BCUT2D eigenvalue weighted by Crippen LogP contribution is 2.22. The second kappa shape index (κ2) is 7.76. The molecule has 0 fully saturated rings. The van der Waals surface area contributed by atoms with Crippen molar-refractivity contribution in [2.75, 3.05) is 0 Å². The molecular weight excluding hydrogens is 350 g/mol. The van der Waals surface area contributed by atoms with Crippen molar-refractivity contribution in [1.29, 1.82) is 0 Å². The summed E-state index contributed by atoms with van der Waals surface area (Å²) in [6, 6.07) is 27.6. The lowest BCUT2D eigenvalue weighted by Crippen LogP contribution is -2.40. The van der Waals surface area contributed by atoms with Gasteiger partial charge in [-0.1, -0.05) is 78.9 Å². The Morgan fingerprint density at radius 2 is 1.32 bits per heavy atom. The monoisotopic (exact) mass is 367 g/mol. The first-order valence-electron chi connectivity index (χ1n) is 8.88. The molecule has 0 spiro atoms. The molecule has 0 aliphatic rings. The quantitative estimate of drug-likeness (QED) is 0.515. The first kappa shape index (κ1) is 17.5. The molecule has 28 heavy (non-hydrogen) atoms. The van der Waals surface area contributed by atoms with Gasteiger partial charge in [0.05, 0.1) is 6.08 Å². The molecule has 0 saturated carbocycles. The molecule has 0 atom stereocenters. The normalized spacial score (nSPS) is 11.0. The van der Waals surface area contributed by atoms with E-state index in [4.69, 9.17) is 4.42 Å². The Morgan fingerprint density at radius 1 is 0.750 bits per heavy atom. The first-order chi connectivity index (χ1) is 13.7. The van der Waals surface area contributed by atoms with Crippen LogP contribution in [0.2, 0.25) is 0 Å². The highest BCUT2D eigenvalue weighted by Gasteiger charge is 2.23. The molecule has 0 amide bonds. The van der Waals surface area contributed by atoms with E-state index in [0.29, 0.717) is 11.3 Å². The van der Waals surface area contributed by atoms with Gasteiger partial charge in [-0.3, -0.25) is 0 Å². The van der Waals surface area contributed by atoms with Crippen LogP contribution in [0, 0.1) is 0 Å². The van der Waals surface area contributed by atoms with Crippen LogP contribution in [0.4, 0.5) is 0 Å². The predicted octanol–water partition coefficient (Wildman–Crippen LogP) is 3.83.